The van der Waals surface area contributed by atoms with Gasteiger partial charge in [-0.15, -0.1) is 0 Å². The summed E-state index contributed by atoms with van der Waals surface area (Å²) in [6, 6.07) is 114. The van der Waals surface area contributed by atoms with E-state index < -0.39 is 5.41 Å². The average Bonchev–Trinajstić information content (AvgIpc) is 4.04. The number of benzene rings is 13. The Morgan fingerprint density at radius 2 is 0.571 bits per heavy atom. The minimum atomic E-state index is -0.472. The van der Waals surface area contributed by atoms with Crippen molar-refractivity contribution in [3.63, 3.8) is 0 Å². The zero-order valence-corrected chi connectivity index (χ0v) is 43.1. The molecule has 1 nitrogen and oxygen atoms in total. The second-order valence-corrected chi connectivity index (χ2v) is 20.1. The van der Waals surface area contributed by atoms with Crippen LogP contribution in [0.1, 0.15) is 22.3 Å². The Kier molecular flexibility index (Phi) is 12.7. The first kappa shape index (κ1) is 47.2. The molecule has 14 rings (SSSR count). The maximum Gasteiger partial charge on any atom is 0.0714 e. The number of anilines is 3. The maximum absolute atomic E-state index is 6.05. The van der Waals surface area contributed by atoms with Crippen LogP contribution in [-0.4, -0.2) is 0 Å². The van der Waals surface area contributed by atoms with Crippen LogP contribution >= 0.6 is 11.6 Å². The van der Waals surface area contributed by atoms with Crippen LogP contribution in [0, 0.1) is 0 Å². The van der Waals surface area contributed by atoms with E-state index in [1.807, 2.05) is 18.2 Å². The molecule has 0 N–H and O–H groups in total. The first-order chi connectivity index (χ1) is 38.1. The van der Waals surface area contributed by atoms with Crippen LogP contribution in [0.4, 0.5) is 17.1 Å². The quantitative estimate of drug-likeness (QED) is 0.139. The first-order valence-electron chi connectivity index (χ1n) is 26.3. The summed E-state index contributed by atoms with van der Waals surface area (Å²) in [5.74, 6) is 0. The fourth-order valence-electron chi connectivity index (χ4n) is 11.7. The van der Waals surface area contributed by atoms with Crippen LogP contribution in [0.5, 0.6) is 0 Å². The third kappa shape index (κ3) is 8.87. The van der Waals surface area contributed by atoms with Gasteiger partial charge in [-0.1, -0.05) is 254 Å². The minimum Gasteiger partial charge on any atom is -0.310 e. The summed E-state index contributed by atoms with van der Waals surface area (Å²) >= 11 is 6.05. The van der Waals surface area contributed by atoms with Crippen molar-refractivity contribution in [2.24, 2.45) is 0 Å². The highest BCUT2D eigenvalue weighted by Crippen LogP contribution is 2.57. The number of fused-ring (bicyclic) bond motifs is 5. The Hall–Kier alpha value is -9.53. The smallest absolute Gasteiger partial charge is 0.0714 e. The Morgan fingerprint density at radius 3 is 1.04 bits per heavy atom. The number of hydrogen-bond donors (Lipinski definition) is 0. The summed E-state index contributed by atoms with van der Waals surface area (Å²) in [5, 5.41) is 5.74. The lowest BCUT2D eigenvalue weighted by Gasteiger charge is -2.35. The van der Waals surface area contributed by atoms with Gasteiger partial charge in [0.1, 0.15) is 0 Å². The van der Waals surface area contributed by atoms with E-state index in [0.717, 1.165) is 22.1 Å². The van der Waals surface area contributed by atoms with E-state index >= 15 is 0 Å². The first-order valence-corrected chi connectivity index (χ1v) is 26.7. The molecule has 0 heterocycles. The Labute approximate surface area is 456 Å². The third-order valence-electron chi connectivity index (χ3n) is 15.2. The number of para-hydroxylation sites is 1. The largest absolute Gasteiger partial charge is 0.310 e. The van der Waals surface area contributed by atoms with Crippen LogP contribution < -0.4 is 4.90 Å². The van der Waals surface area contributed by atoms with Crippen LogP contribution in [0.3, 0.4) is 0 Å². The molecule has 13 aromatic rings. The Balaban J connectivity index is 0.000000205. The summed E-state index contributed by atoms with van der Waals surface area (Å²) in [5.41, 5.74) is 20.3. The molecule has 0 aromatic heterocycles. The highest BCUT2D eigenvalue weighted by molar-refractivity contribution is 6.30. The summed E-state index contributed by atoms with van der Waals surface area (Å²) in [6.07, 6.45) is 0. The molecule has 0 unspecified atom stereocenters. The monoisotopic (exact) mass is 1000 g/mol. The lowest BCUT2D eigenvalue weighted by atomic mass is 9.67. The maximum atomic E-state index is 6.05. The molecule has 0 saturated heterocycles. The second-order valence-electron chi connectivity index (χ2n) is 19.7. The van der Waals surface area contributed by atoms with Gasteiger partial charge in [-0.3, -0.25) is 0 Å². The van der Waals surface area contributed by atoms with E-state index in [1.54, 1.807) is 0 Å². The molecule has 0 fully saturated rings. The summed E-state index contributed by atoms with van der Waals surface area (Å²) in [4.78, 5) is 2.40. The molecule has 0 saturated carbocycles. The molecule has 364 valence electrons. The van der Waals surface area contributed by atoms with Crippen molar-refractivity contribution >= 4 is 50.2 Å². The van der Waals surface area contributed by atoms with Gasteiger partial charge in [0.05, 0.1) is 5.41 Å². The summed E-state index contributed by atoms with van der Waals surface area (Å²) < 4.78 is 0. The van der Waals surface area contributed by atoms with Crippen molar-refractivity contribution in [1.29, 1.82) is 0 Å². The van der Waals surface area contributed by atoms with Gasteiger partial charge in [0.15, 0.2) is 0 Å². The average molecular weight is 1000 g/mol. The van der Waals surface area contributed by atoms with E-state index in [4.69, 9.17) is 11.6 Å². The van der Waals surface area contributed by atoms with E-state index in [1.165, 1.54) is 99.4 Å². The van der Waals surface area contributed by atoms with E-state index in [2.05, 4.69) is 302 Å². The molecule has 13 aromatic carbocycles. The number of hydrogen-bond acceptors (Lipinski definition) is 1. The molecular weight excluding hydrogens is 950 g/mol. The van der Waals surface area contributed by atoms with E-state index in [9.17, 15) is 0 Å². The van der Waals surface area contributed by atoms with Crippen molar-refractivity contribution in [2.45, 2.75) is 5.41 Å². The van der Waals surface area contributed by atoms with Crippen LogP contribution in [0.2, 0.25) is 5.02 Å². The molecule has 0 aliphatic heterocycles. The third-order valence-corrected chi connectivity index (χ3v) is 15.5. The van der Waals surface area contributed by atoms with Gasteiger partial charge in [0.2, 0.25) is 0 Å². The van der Waals surface area contributed by atoms with E-state index in [-0.39, 0.29) is 0 Å². The predicted molar refractivity (Wildman–Crippen MR) is 327 cm³/mol. The van der Waals surface area contributed by atoms with Crippen LogP contribution in [0.25, 0.3) is 77.2 Å². The zero-order valence-electron chi connectivity index (χ0n) is 42.3. The van der Waals surface area contributed by atoms with Crippen molar-refractivity contribution in [1.82, 2.24) is 0 Å². The van der Waals surface area contributed by atoms with Crippen LogP contribution in [0.15, 0.2) is 315 Å². The van der Waals surface area contributed by atoms with Crippen LogP contribution in [-0.2, 0) is 5.41 Å². The van der Waals surface area contributed by atoms with Gasteiger partial charge >= 0.3 is 0 Å². The fraction of sp³-hybridized carbons (Fsp3) is 0.0133. The minimum absolute atomic E-state index is 0.472. The SMILES string of the molecule is Clc1ccc(-c2cc3ccccc3cc2-c2ccccc2)cc1.c1ccc(-c2cc3ccccc3cc2-c2ccc(N(c3ccccc3)c3ccc4c(c3)C(c3ccccc3)(c3ccccc3)c3ccccc3-4)cc2)cc1. The molecule has 2 heteroatoms. The predicted octanol–water partition coefficient (Wildman–Crippen LogP) is 20.8. The molecule has 77 heavy (non-hydrogen) atoms. The van der Waals surface area contributed by atoms with Crippen molar-refractivity contribution in [2.75, 3.05) is 4.90 Å². The van der Waals surface area contributed by atoms with Crippen molar-refractivity contribution in [3.8, 4) is 55.6 Å². The standard InChI is InChI=1S/C53H37N.C22H15Cl/c1-5-17-38(18-6-1)49-35-40-19-13-14-20-41(40)36-50(49)39-29-31-45(32-30-39)54(44-25-11-4-12-26-44)46-33-34-48-47-27-15-16-28-51(47)53(52(48)37-46,42-21-7-2-8-22-42)43-23-9-3-10-24-43;23-20-12-10-17(11-13-20)22-15-19-9-5-4-8-18(19)14-21(22)16-6-2-1-3-7-16/h1-37H;1-15H. The van der Waals surface area contributed by atoms with Gasteiger partial charge < -0.3 is 4.90 Å². The van der Waals surface area contributed by atoms with Gasteiger partial charge in [-0.05, 0) is 172 Å². The Bertz CT molecular complexity index is 4140. The Morgan fingerprint density at radius 1 is 0.234 bits per heavy atom. The molecule has 1 aliphatic rings. The molecular formula is C75H52ClN. The molecule has 0 amide bonds. The summed E-state index contributed by atoms with van der Waals surface area (Å²) in [7, 11) is 0. The fourth-order valence-corrected chi connectivity index (χ4v) is 11.8. The second kappa shape index (κ2) is 20.6. The molecule has 0 radical (unpaired) electrons. The highest BCUT2D eigenvalue weighted by Gasteiger charge is 2.46. The van der Waals surface area contributed by atoms with Gasteiger partial charge in [0.25, 0.3) is 0 Å². The summed E-state index contributed by atoms with van der Waals surface area (Å²) in [6.45, 7) is 0. The normalized spacial score (nSPS) is 12.1. The molecule has 0 spiro atoms. The molecule has 0 bridgehead atoms. The number of nitrogens with zero attached hydrogens (tertiary/aromatic N) is 1. The zero-order chi connectivity index (χ0) is 51.5. The number of halogens is 1. The van der Waals surface area contributed by atoms with Crippen molar-refractivity contribution in [3.05, 3.63) is 343 Å². The van der Waals surface area contributed by atoms with Gasteiger partial charge in [-0.25, -0.2) is 0 Å². The highest BCUT2D eigenvalue weighted by atomic mass is 35.5. The molecule has 0 atom stereocenters. The van der Waals surface area contributed by atoms with Gasteiger partial charge in [-0.2, -0.15) is 0 Å². The van der Waals surface area contributed by atoms with Crippen molar-refractivity contribution < 1.29 is 0 Å². The topological polar surface area (TPSA) is 3.24 Å². The van der Waals surface area contributed by atoms with E-state index in [0.29, 0.717) is 0 Å². The molecule has 1 aliphatic carbocycles. The van der Waals surface area contributed by atoms with Gasteiger partial charge in [0, 0.05) is 22.1 Å². The number of rotatable bonds is 9. The lowest BCUT2D eigenvalue weighted by molar-refractivity contribution is 0.768. The lowest BCUT2D eigenvalue weighted by Crippen LogP contribution is -2.28.